The van der Waals surface area contributed by atoms with Gasteiger partial charge in [0.25, 0.3) is 0 Å². The number of hydrogen-bond acceptors (Lipinski definition) is 2. The summed E-state index contributed by atoms with van der Waals surface area (Å²) in [4.78, 5) is 14.3. The van der Waals surface area contributed by atoms with E-state index in [-0.39, 0.29) is 5.66 Å². The van der Waals surface area contributed by atoms with Gasteiger partial charge in [0.15, 0.2) is 0 Å². The number of rotatable bonds is 2. The van der Waals surface area contributed by atoms with Crippen molar-refractivity contribution >= 4 is 5.91 Å². The molecule has 3 fully saturated rings. The van der Waals surface area contributed by atoms with Crippen molar-refractivity contribution in [3.8, 4) is 0 Å². The molecule has 1 aliphatic carbocycles. The van der Waals surface area contributed by atoms with Gasteiger partial charge in [-0.15, -0.1) is 0 Å². The fourth-order valence-electron chi connectivity index (χ4n) is 4.10. The van der Waals surface area contributed by atoms with Gasteiger partial charge < -0.3 is 4.90 Å². The molecule has 3 rings (SSSR count). The van der Waals surface area contributed by atoms with E-state index in [1.807, 2.05) is 0 Å². The third-order valence-electron chi connectivity index (χ3n) is 4.66. The van der Waals surface area contributed by atoms with Crippen molar-refractivity contribution < 1.29 is 4.79 Å². The van der Waals surface area contributed by atoms with E-state index in [4.69, 9.17) is 0 Å². The van der Waals surface area contributed by atoms with Crippen LogP contribution in [0.2, 0.25) is 0 Å². The molecule has 3 atom stereocenters. The van der Waals surface area contributed by atoms with Crippen molar-refractivity contribution in [1.29, 1.82) is 0 Å². The Morgan fingerprint density at radius 2 is 2.25 bits per heavy atom. The van der Waals surface area contributed by atoms with Crippen molar-refractivity contribution in [2.24, 2.45) is 0 Å². The zero-order chi connectivity index (χ0) is 11.2. The summed E-state index contributed by atoms with van der Waals surface area (Å²) in [5, 5.41) is 3.80. The third kappa shape index (κ3) is 1.33. The second-order valence-electron chi connectivity index (χ2n) is 5.65. The average Bonchev–Trinajstić information content (AvgIpc) is 2.75. The molecule has 0 aromatic rings. The van der Waals surface area contributed by atoms with Gasteiger partial charge in [-0.3, -0.25) is 10.1 Å². The molecule has 90 valence electrons. The zero-order valence-electron chi connectivity index (χ0n) is 10.2. The molecule has 0 unspecified atom stereocenters. The number of hydrogen-bond donors (Lipinski definition) is 1. The van der Waals surface area contributed by atoms with Crippen LogP contribution in [0.4, 0.5) is 0 Å². The number of amides is 1. The summed E-state index contributed by atoms with van der Waals surface area (Å²) in [6.45, 7) is 2.22. The molecule has 0 radical (unpaired) electrons. The van der Waals surface area contributed by atoms with Crippen LogP contribution >= 0.6 is 0 Å². The number of nitrogens with zero attached hydrogens (tertiary/aromatic N) is 1. The fraction of sp³-hybridized carbons (Fsp3) is 0.923. The van der Waals surface area contributed by atoms with Crippen LogP contribution in [0.1, 0.15) is 58.3 Å². The zero-order valence-corrected chi connectivity index (χ0v) is 10.2. The van der Waals surface area contributed by atoms with Crippen molar-refractivity contribution in [3.05, 3.63) is 0 Å². The van der Waals surface area contributed by atoms with E-state index in [0.717, 1.165) is 25.7 Å². The lowest BCUT2D eigenvalue weighted by Gasteiger charge is -2.35. The van der Waals surface area contributed by atoms with Crippen molar-refractivity contribution in [3.63, 3.8) is 0 Å². The molecule has 1 N–H and O–H groups in total. The van der Waals surface area contributed by atoms with Gasteiger partial charge in [-0.1, -0.05) is 26.2 Å². The molecule has 3 aliphatic rings. The summed E-state index contributed by atoms with van der Waals surface area (Å²) in [7, 11) is 0. The molecule has 3 nitrogen and oxygen atoms in total. The summed E-state index contributed by atoms with van der Waals surface area (Å²) in [5.41, 5.74) is 0.0471. The molecular formula is C13H22N2O. The largest absolute Gasteiger partial charge is 0.320 e. The predicted molar refractivity (Wildman–Crippen MR) is 62.9 cm³/mol. The van der Waals surface area contributed by atoms with Gasteiger partial charge in [0.2, 0.25) is 5.91 Å². The third-order valence-corrected chi connectivity index (χ3v) is 4.66. The highest BCUT2D eigenvalue weighted by molar-refractivity contribution is 5.80. The van der Waals surface area contributed by atoms with Crippen molar-refractivity contribution in [2.75, 3.05) is 0 Å². The first kappa shape index (κ1) is 10.6. The van der Waals surface area contributed by atoms with Gasteiger partial charge in [-0.05, 0) is 25.7 Å². The van der Waals surface area contributed by atoms with Gasteiger partial charge in [0, 0.05) is 18.5 Å². The van der Waals surface area contributed by atoms with Crippen LogP contribution in [-0.4, -0.2) is 28.6 Å². The van der Waals surface area contributed by atoms with Crippen LogP contribution in [0.3, 0.4) is 0 Å². The van der Waals surface area contributed by atoms with Crippen LogP contribution in [0.15, 0.2) is 0 Å². The van der Waals surface area contributed by atoms with Gasteiger partial charge in [0.1, 0.15) is 0 Å². The lowest BCUT2D eigenvalue weighted by molar-refractivity contribution is -0.132. The molecule has 2 aliphatic heterocycles. The maximum atomic E-state index is 12.1. The molecule has 0 aromatic carbocycles. The molecule has 3 heteroatoms. The molecule has 0 spiro atoms. The second kappa shape index (κ2) is 3.73. The van der Waals surface area contributed by atoms with E-state index < -0.39 is 0 Å². The monoisotopic (exact) mass is 222 g/mol. The summed E-state index contributed by atoms with van der Waals surface area (Å²) < 4.78 is 0. The lowest BCUT2D eigenvalue weighted by Crippen LogP contribution is -2.49. The predicted octanol–water partition coefficient (Wildman–Crippen LogP) is 2.02. The maximum Gasteiger partial charge on any atom is 0.224 e. The minimum Gasteiger partial charge on any atom is -0.320 e. The molecule has 16 heavy (non-hydrogen) atoms. The lowest BCUT2D eigenvalue weighted by atomic mass is 9.91. The standard InChI is InChI=1S/C13H22N2O/c1-2-8-13-9-7-12(16)15(13)11-6-4-3-5-10(11)14-13/h10-11,14H,2-9H2,1H3/t10-,11-,13-/m0/s1. The van der Waals surface area contributed by atoms with Crippen LogP contribution in [0.25, 0.3) is 0 Å². The smallest absolute Gasteiger partial charge is 0.224 e. The Morgan fingerprint density at radius 3 is 3.06 bits per heavy atom. The summed E-state index contributed by atoms with van der Waals surface area (Å²) in [6, 6.07) is 1.10. The number of carbonyl (C=O) groups is 1. The summed E-state index contributed by atoms with van der Waals surface area (Å²) in [6.07, 6.45) is 9.20. The van der Waals surface area contributed by atoms with Crippen molar-refractivity contribution in [2.45, 2.75) is 76.0 Å². The van der Waals surface area contributed by atoms with Gasteiger partial charge in [-0.2, -0.15) is 0 Å². The highest BCUT2D eigenvalue weighted by Crippen LogP contribution is 2.43. The number of nitrogens with one attached hydrogen (secondary N) is 1. The molecule has 2 saturated heterocycles. The molecule has 0 bridgehead atoms. The van der Waals surface area contributed by atoms with E-state index in [1.54, 1.807) is 0 Å². The van der Waals surface area contributed by atoms with Gasteiger partial charge in [-0.25, -0.2) is 0 Å². The quantitative estimate of drug-likeness (QED) is 0.775. The van der Waals surface area contributed by atoms with Crippen LogP contribution in [0, 0.1) is 0 Å². The molecular weight excluding hydrogens is 200 g/mol. The Bertz CT molecular complexity index is 304. The first-order chi connectivity index (χ1) is 7.77. The Kier molecular flexibility index (Phi) is 2.46. The summed E-state index contributed by atoms with van der Waals surface area (Å²) in [5.74, 6) is 0.398. The molecule has 1 amide bonds. The van der Waals surface area contributed by atoms with Crippen LogP contribution in [-0.2, 0) is 4.79 Å². The van der Waals surface area contributed by atoms with Crippen LogP contribution in [0.5, 0.6) is 0 Å². The van der Waals surface area contributed by atoms with E-state index in [0.29, 0.717) is 18.0 Å². The van der Waals surface area contributed by atoms with Gasteiger partial charge >= 0.3 is 0 Å². The number of fused-ring (bicyclic) bond motifs is 3. The molecule has 2 heterocycles. The minimum atomic E-state index is 0.0471. The fourth-order valence-corrected chi connectivity index (χ4v) is 4.10. The topological polar surface area (TPSA) is 32.3 Å². The maximum absolute atomic E-state index is 12.1. The Hall–Kier alpha value is -0.570. The Labute approximate surface area is 97.6 Å². The first-order valence-corrected chi connectivity index (χ1v) is 6.87. The summed E-state index contributed by atoms with van der Waals surface area (Å²) >= 11 is 0. The highest BCUT2D eigenvalue weighted by atomic mass is 16.2. The van der Waals surface area contributed by atoms with E-state index in [2.05, 4.69) is 17.1 Å². The normalized spacial score (nSPS) is 42.3. The van der Waals surface area contributed by atoms with E-state index >= 15 is 0 Å². The number of carbonyl (C=O) groups excluding carboxylic acids is 1. The van der Waals surface area contributed by atoms with E-state index in [1.165, 1.54) is 25.7 Å². The first-order valence-electron chi connectivity index (χ1n) is 6.87. The van der Waals surface area contributed by atoms with Crippen LogP contribution < -0.4 is 5.32 Å². The van der Waals surface area contributed by atoms with Gasteiger partial charge in [0.05, 0.1) is 5.66 Å². The average molecular weight is 222 g/mol. The highest BCUT2D eigenvalue weighted by Gasteiger charge is 2.56. The molecule has 1 saturated carbocycles. The minimum absolute atomic E-state index is 0.0471. The Balaban J connectivity index is 1.89. The van der Waals surface area contributed by atoms with E-state index in [9.17, 15) is 4.79 Å². The SMILES string of the molecule is CCC[C@@]12CCC(=O)N1[C@H]1CCCC[C@@H]1N2. The molecule has 0 aromatic heterocycles. The van der Waals surface area contributed by atoms with Crippen molar-refractivity contribution in [1.82, 2.24) is 10.2 Å². The second-order valence-corrected chi connectivity index (χ2v) is 5.65. The Morgan fingerprint density at radius 1 is 1.44 bits per heavy atom.